The number of carbonyl (C=O) groups is 2. The Morgan fingerprint density at radius 2 is 1.78 bits per heavy atom. The fraction of sp³-hybridized carbons (Fsp3) is 0.846. The van der Waals surface area contributed by atoms with Gasteiger partial charge in [0.15, 0.2) is 0 Å². The molecule has 0 aromatic carbocycles. The summed E-state index contributed by atoms with van der Waals surface area (Å²) >= 11 is 0. The van der Waals surface area contributed by atoms with E-state index in [-0.39, 0.29) is 6.04 Å². The Hall–Kier alpha value is -1.26. The first-order chi connectivity index (χ1) is 8.42. The molecule has 0 aliphatic rings. The molecule has 0 fully saturated rings. The molecule has 0 heterocycles. The SMILES string of the molecule is CCCCC(NC(=O)NC(C)C(C)CC)C(=O)O. The predicted molar refractivity (Wildman–Crippen MR) is 71.5 cm³/mol. The summed E-state index contributed by atoms with van der Waals surface area (Å²) in [6.45, 7) is 8.03. The van der Waals surface area contributed by atoms with E-state index < -0.39 is 18.0 Å². The fourth-order valence-electron chi connectivity index (χ4n) is 1.57. The number of urea groups is 1. The molecule has 0 bridgehead atoms. The molecule has 0 aromatic heterocycles. The first kappa shape index (κ1) is 16.7. The van der Waals surface area contributed by atoms with Crippen molar-refractivity contribution in [2.75, 3.05) is 0 Å². The Morgan fingerprint density at radius 1 is 1.17 bits per heavy atom. The summed E-state index contributed by atoms with van der Waals surface area (Å²) in [7, 11) is 0. The maximum absolute atomic E-state index is 11.7. The van der Waals surface area contributed by atoms with Crippen LogP contribution in [0.1, 0.15) is 53.4 Å². The number of nitrogens with one attached hydrogen (secondary N) is 2. The van der Waals surface area contributed by atoms with Gasteiger partial charge in [-0.05, 0) is 19.3 Å². The van der Waals surface area contributed by atoms with Crippen molar-refractivity contribution in [2.24, 2.45) is 5.92 Å². The van der Waals surface area contributed by atoms with Crippen LogP contribution in [0.2, 0.25) is 0 Å². The Labute approximate surface area is 109 Å². The summed E-state index contributed by atoms with van der Waals surface area (Å²) in [5.74, 6) is -0.607. The van der Waals surface area contributed by atoms with Crippen molar-refractivity contribution in [1.82, 2.24) is 10.6 Å². The summed E-state index contributed by atoms with van der Waals surface area (Å²) in [6.07, 6.45) is 3.14. The molecular weight excluding hydrogens is 232 g/mol. The van der Waals surface area contributed by atoms with Crippen LogP contribution in [0.4, 0.5) is 4.79 Å². The molecule has 0 saturated heterocycles. The second-order valence-electron chi connectivity index (χ2n) is 4.83. The van der Waals surface area contributed by atoms with Crippen molar-refractivity contribution >= 4 is 12.0 Å². The number of amides is 2. The van der Waals surface area contributed by atoms with Crippen molar-refractivity contribution in [2.45, 2.75) is 65.5 Å². The monoisotopic (exact) mass is 258 g/mol. The van der Waals surface area contributed by atoms with Crippen LogP contribution >= 0.6 is 0 Å². The molecule has 5 heteroatoms. The lowest BCUT2D eigenvalue weighted by Gasteiger charge is -2.22. The minimum Gasteiger partial charge on any atom is -0.480 e. The Balaban J connectivity index is 4.21. The van der Waals surface area contributed by atoms with Gasteiger partial charge in [0.1, 0.15) is 6.04 Å². The molecule has 0 radical (unpaired) electrons. The zero-order valence-corrected chi connectivity index (χ0v) is 11.8. The number of aliphatic carboxylic acids is 1. The van der Waals surface area contributed by atoms with Gasteiger partial charge in [-0.1, -0.05) is 40.0 Å². The van der Waals surface area contributed by atoms with Crippen LogP contribution in [0.15, 0.2) is 0 Å². The second-order valence-corrected chi connectivity index (χ2v) is 4.83. The number of carboxylic acid groups (broad SMARTS) is 1. The van der Waals surface area contributed by atoms with Gasteiger partial charge >= 0.3 is 12.0 Å². The maximum atomic E-state index is 11.7. The molecule has 0 aliphatic heterocycles. The van der Waals surface area contributed by atoms with Gasteiger partial charge in [-0.25, -0.2) is 9.59 Å². The third kappa shape index (κ3) is 6.47. The highest BCUT2D eigenvalue weighted by atomic mass is 16.4. The highest BCUT2D eigenvalue weighted by Crippen LogP contribution is 2.06. The van der Waals surface area contributed by atoms with E-state index in [0.29, 0.717) is 12.3 Å². The average molecular weight is 258 g/mol. The molecule has 18 heavy (non-hydrogen) atoms. The molecule has 3 unspecified atom stereocenters. The number of hydrogen-bond donors (Lipinski definition) is 3. The van der Waals surface area contributed by atoms with Crippen LogP contribution in [-0.2, 0) is 4.79 Å². The van der Waals surface area contributed by atoms with Crippen LogP contribution in [0, 0.1) is 5.92 Å². The number of hydrogen-bond acceptors (Lipinski definition) is 2. The molecule has 5 nitrogen and oxygen atoms in total. The van der Waals surface area contributed by atoms with Crippen LogP contribution in [0.5, 0.6) is 0 Å². The molecular formula is C13H26N2O3. The lowest BCUT2D eigenvalue weighted by Crippen LogP contribution is -2.49. The van der Waals surface area contributed by atoms with E-state index in [2.05, 4.69) is 24.5 Å². The summed E-state index contributed by atoms with van der Waals surface area (Å²) in [5.41, 5.74) is 0. The van der Waals surface area contributed by atoms with Crippen molar-refractivity contribution in [3.63, 3.8) is 0 Å². The zero-order valence-electron chi connectivity index (χ0n) is 11.8. The molecule has 2 amide bonds. The third-order valence-electron chi connectivity index (χ3n) is 3.31. The van der Waals surface area contributed by atoms with Crippen LogP contribution < -0.4 is 10.6 Å². The number of rotatable bonds is 8. The van der Waals surface area contributed by atoms with E-state index in [1.165, 1.54) is 0 Å². The minimum absolute atomic E-state index is 0.0376. The first-order valence-electron chi connectivity index (χ1n) is 6.72. The second kappa shape index (κ2) is 8.78. The van der Waals surface area contributed by atoms with E-state index in [1.54, 1.807) is 0 Å². The normalized spacial score (nSPS) is 15.6. The molecule has 3 atom stereocenters. The molecule has 0 aromatic rings. The topological polar surface area (TPSA) is 78.4 Å². The average Bonchev–Trinajstić information content (AvgIpc) is 2.32. The molecule has 0 rings (SSSR count). The first-order valence-corrected chi connectivity index (χ1v) is 6.72. The molecule has 0 spiro atoms. The van der Waals surface area contributed by atoms with Crippen LogP contribution in [0.25, 0.3) is 0 Å². The van der Waals surface area contributed by atoms with E-state index in [0.717, 1.165) is 19.3 Å². The van der Waals surface area contributed by atoms with E-state index in [9.17, 15) is 9.59 Å². The van der Waals surface area contributed by atoms with Gasteiger partial charge in [0.2, 0.25) is 0 Å². The van der Waals surface area contributed by atoms with Gasteiger partial charge in [0, 0.05) is 6.04 Å². The molecule has 3 N–H and O–H groups in total. The Morgan fingerprint density at radius 3 is 2.22 bits per heavy atom. The largest absolute Gasteiger partial charge is 0.480 e. The highest BCUT2D eigenvalue weighted by molar-refractivity contribution is 5.82. The zero-order chi connectivity index (χ0) is 14.1. The van der Waals surface area contributed by atoms with Crippen molar-refractivity contribution in [1.29, 1.82) is 0 Å². The molecule has 0 saturated carbocycles. The number of carbonyl (C=O) groups excluding carboxylic acids is 1. The fourth-order valence-corrected chi connectivity index (χ4v) is 1.57. The summed E-state index contributed by atoms with van der Waals surface area (Å²) in [4.78, 5) is 22.6. The smallest absolute Gasteiger partial charge is 0.326 e. The van der Waals surface area contributed by atoms with E-state index in [4.69, 9.17) is 5.11 Å². The highest BCUT2D eigenvalue weighted by Gasteiger charge is 2.20. The van der Waals surface area contributed by atoms with E-state index in [1.807, 2.05) is 13.8 Å². The van der Waals surface area contributed by atoms with Gasteiger partial charge in [0.05, 0.1) is 0 Å². The van der Waals surface area contributed by atoms with Crippen molar-refractivity contribution < 1.29 is 14.7 Å². The third-order valence-corrected chi connectivity index (χ3v) is 3.31. The lowest BCUT2D eigenvalue weighted by atomic mass is 10.0. The summed E-state index contributed by atoms with van der Waals surface area (Å²) in [6, 6.07) is -1.16. The molecule has 0 aliphatic carbocycles. The van der Waals surface area contributed by atoms with Gasteiger partial charge in [-0.15, -0.1) is 0 Å². The van der Waals surface area contributed by atoms with Gasteiger partial charge < -0.3 is 15.7 Å². The Kier molecular flexibility index (Phi) is 8.16. The number of unbranched alkanes of at least 4 members (excludes halogenated alkanes) is 1. The van der Waals surface area contributed by atoms with Gasteiger partial charge in [-0.2, -0.15) is 0 Å². The predicted octanol–water partition coefficient (Wildman–Crippen LogP) is 2.36. The lowest BCUT2D eigenvalue weighted by molar-refractivity contribution is -0.139. The van der Waals surface area contributed by atoms with Crippen LogP contribution in [0.3, 0.4) is 0 Å². The summed E-state index contributed by atoms with van der Waals surface area (Å²) in [5, 5.41) is 14.3. The maximum Gasteiger partial charge on any atom is 0.326 e. The van der Waals surface area contributed by atoms with Crippen molar-refractivity contribution in [3.05, 3.63) is 0 Å². The molecule has 106 valence electrons. The number of carboxylic acids is 1. The standard InChI is InChI=1S/C13H26N2O3/c1-5-7-8-11(12(16)17)15-13(18)14-10(4)9(3)6-2/h9-11H,5-8H2,1-4H3,(H,16,17)(H2,14,15,18). The van der Waals surface area contributed by atoms with Gasteiger partial charge in [-0.3, -0.25) is 0 Å². The van der Waals surface area contributed by atoms with Crippen molar-refractivity contribution in [3.8, 4) is 0 Å². The van der Waals surface area contributed by atoms with Gasteiger partial charge in [0.25, 0.3) is 0 Å². The quantitative estimate of drug-likeness (QED) is 0.625. The Bertz CT molecular complexity index is 269. The van der Waals surface area contributed by atoms with E-state index >= 15 is 0 Å². The summed E-state index contributed by atoms with van der Waals surface area (Å²) < 4.78 is 0. The minimum atomic E-state index is -0.977. The van der Waals surface area contributed by atoms with Crippen LogP contribution in [-0.4, -0.2) is 29.2 Å².